The van der Waals surface area contributed by atoms with Gasteiger partial charge in [0.2, 0.25) is 5.91 Å². The van der Waals surface area contributed by atoms with E-state index in [-0.39, 0.29) is 36.8 Å². The molecule has 1 fully saturated rings. The van der Waals surface area contributed by atoms with Crippen molar-refractivity contribution >= 4 is 37.5 Å². The maximum absolute atomic E-state index is 13.4. The highest BCUT2D eigenvalue weighted by atomic mass is 32.2. The fraction of sp³-hybridized carbons (Fsp3) is 0.579. The van der Waals surface area contributed by atoms with Gasteiger partial charge in [-0.25, -0.2) is 13.2 Å². The van der Waals surface area contributed by atoms with Gasteiger partial charge in [0.1, 0.15) is 5.25 Å². The molecule has 0 aliphatic carbocycles. The summed E-state index contributed by atoms with van der Waals surface area (Å²) >= 11 is 0. The van der Waals surface area contributed by atoms with E-state index in [9.17, 15) is 39.6 Å². The number of ether oxygens (including phenoxy) is 1. The van der Waals surface area contributed by atoms with Crippen LogP contribution in [0, 0.1) is 5.92 Å². The van der Waals surface area contributed by atoms with Crippen molar-refractivity contribution in [2.24, 2.45) is 5.92 Å². The predicted octanol–water partition coefficient (Wildman–Crippen LogP) is 2.67. The van der Waals surface area contributed by atoms with E-state index in [1.54, 1.807) is 13.8 Å². The summed E-state index contributed by atoms with van der Waals surface area (Å²) in [5.74, 6) is -1.27. The monoisotopic (exact) mass is 514 g/mol. The highest BCUT2D eigenvalue weighted by molar-refractivity contribution is 7.94. The zero-order chi connectivity index (χ0) is 25.2. The molecule has 2 rings (SSSR count). The van der Waals surface area contributed by atoms with Gasteiger partial charge < -0.3 is 9.64 Å². The molecule has 186 valence electrons. The molecule has 2 amide bonds. The van der Waals surface area contributed by atoms with Crippen LogP contribution in [0.4, 0.5) is 23.7 Å². The number of halogens is 3. The first-order valence-corrected chi connectivity index (χ1v) is 13.2. The van der Waals surface area contributed by atoms with Gasteiger partial charge in [0.25, 0.3) is 0 Å². The molecule has 0 bridgehead atoms. The Bertz CT molecular complexity index is 1100. The van der Waals surface area contributed by atoms with Crippen molar-refractivity contribution in [2.75, 3.05) is 23.2 Å². The average Bonchev–Trinajstić information content (AvgIpc) is 3.08. The number of hydrogen-bond donors (Lipinski definition) is 0. The largest absolute Gasteiger partial charge is 0.517 e. The molecule has 33 heavy (non-hydrogen) atoms. The van der Waals surface area contributed by atoms with Crippen LogP contribution in [-0.2, 0) is 35.9 Å². The van der Waals surface area contributed by atoms with E-state index in [4.69, 9.17) is 4.74 Å². The normalized spacial score (nSPS) is 17.5. The Morgan fingerprint density at radius 2 is 1.82 bits per heavy atom. The van der Waals surface area contributed by atoms with Gasteiger partial charge in [-0.1, -0.05) is 39.0 Å². The summed E-state index contributed by atoms with van der Waals surface area (Å²) < 4.78 is 93.2. The Balaban J connectivity index is 2.48. The van der Waals surface area contributed by atoms with E-state index in [2.05, 4.69) is 0 Å². The molecule has 1 unspecified atom stereocenters. The summed E-state index contributed by atoms with van der Waals surface area (Å²) in [5, 5.41) is -1.28. The van der Waals surface area contributed by atoms with Crippen molar-refractivity contribution in [2.45, 2.75) is 44.5 Å². The van der Waals surface area contributed by atoms with Crippen LogP contribution in [-0.4, -0.2) is 63.4 Å². The van der Waals surface area contributed by atoms with Gasteiger partial charge in [-0.15, -0.1) is 0 Å². The lowest BCUT2D eigenvalue weighted by atomic mass is 10.1. The minimum atomic E-state index is -6.19. The fourth-order valence-corrected chi connectivity index (χ4v) is 5.39. The number of hydrogen-bond acceptors (Lipinski definition) is 7. The maximum atomic E-state index is 13.4. The maximum Gasteiger partial charge on any atom is 0.517 e. The van der Waals surface area contributed by atoms with Crippen LogP contribution in [0.5, 0.6) is 0 Å². The lowest BCUT2D eigenvalue weighted by Crippen LogP contribution is -2.46. The van der Waals surface area contributed by atoms with E-state index in [0.29, 0.717) is 0 Å². The van der Waals surface area contributed by atoms with Crippen LogP contribution in [0.25, 0.3) is 0 Å². The Kier molecular flexibility index (Phi) is 8.05. The van der Waals surface area contributed by atoms with E-state index in [1.165, 1.54) is 25.1 Å². The molecule has 1 saturated heterocycles. The summed E-state index contributed by atoms with van der Waals surface area (Å²) in [6.07, 6.45) is -1.74. The van der Waals surface area contributed by atoms with Gasteiger partial charge in [0.05, 0.1) is 12.3 Å². The molecular formula is C19H25F3N2O7S2. The Morgan fingerprint density at radius 3 is 2.36 bits per heavy atom. The van der Waals surface area contributed by atoms with Gasteiger partial charge in [0.15, 0.2) is 9.84 Å². The smallest absolute Gasteiger partial charge is 0.448 e. The van der Waals surface area contributed by atoms with Crippen LogP contribution < -0.4 is 4.31 Å². The number of nitrogens with zero attached hydrogens (tertiary/aromatic N) is 2. The summed E-state index contributed by atoms with van der Waals surface area (Å²) in [4.78, 5) is 26.2. The molecule has 0 spiro atoms. The molecule has 1 aromatic rings. The van der Waals surface area contributed by atoms with Crippen molar-refractivity contribution in [3.05, 3.63) is 29.8 Å². The van der Waals surface area contributed by atoms with Crippen molar-refractivity contribution in [3.63, 3.8) is 0 Å². The zero-order valence-corrected chi connectivity index (χ0v) is 19.8. The second-order valence-corrected chi connectivity index (χ2v) is 12.1. The molecule has 0 saturated carbocycles. The molecule has 1 atom stereocenters. The minimum absolute atomic E-state index is 0.000874. The molecule has 1 aliphatic heterocycles. The molecule has 0 radical (unpaired) electrons. The number of amides is 2. The second kappa shape index (κ2) is 9.87. The standard InChI is InChI=1S/C19H25F3N2O7S2/c1-4-32(27,28)16-9-10-23(17(16)25)11-14-7-5-6-8-15(14)24(18(26)31-12-13(2)3)33(29,30)19(20,21)22/h5-8,13,16H,4,9-12H2,1-3H3. The highest BCUT2D eigenvalue weighted by Gasteiger charge is 2.54. The SMILES string of the molecule is CCS(=O)(=O)C1CCN(Cc2ccccc2N(C(=O)OCC(C)C)S(=O)(=O)C(F)(F)F)C1=O. The second-order valence-electron chi connectivity index (χ2n) is 7.80. The third-order valence-electron chi connectivity index (χ3n) is 4.89. The molecule has 9 nitrogen and oxygen atoms in total. The number of para-hydroxylation sites is 1. The number of likely N-dealkylation sites (tertiary alicyclic amines) is 1. The van der Waals surface area contributed by atoms with Crippen molar-refractivity contribution in [3.8, 4) is 0 Å². The Labute approximate surface area is 190 Å². The third-order valence-corrected chi connectivity index (χ3v) is 8.42. The topological polar surface area (TPSA) is 118 Å². The number of carbonyl (C=O) groups excluding carboxylic acids is 2. The number of anilines is 1. The first kappa shape index (κ1) is 26.9. The van der Waals surface area contributed by atoms with Crippen LogP contribution in [0.15, 0.2) is 24.3 Å². The minimum Gasteiger partial charge on any atom is -0.448 e. The summed E-state index contributed by atoms with van der Waals surface area (Å²) in [5.41, 5.74) is -6.55. The van der Waals surface area contributed by atoms with E-state index >= 15 is 0 Å². The van der Waals surface area contributed by atoms with Gasteiger partial charge in [-0.2, -0.15) is 25.9 Å². The Morgan fingerprint density at radius 1 is 1.21 bits per heavy atom. The first-order valence-electron chi connectivity index (χ1n) is 10.00. The number of benzene rings is 1. The first-order chi connectivity index (χ1) is 15.1. The van der Waals surface area contributed by atoms with Crippen LogP contribution >= 0.6 is 0 Å². The number of sulfonamides is 1. The average molecular weight is 515 g/mol. The van der Waals surface area contributed by atoms with E-state index in [0.717, 1.165) is 11.0 Å². The summed E-state index contributed by atoms with van der Waals surface area (Å²) in [6.45, 7) is 3.90. The summed E-state index contributed by atoms with van der Waals surface area (Å²) in [6, 6.07) is 4.84. The number of carbonyl (C=O) groups is 2. The lowest BCUT2D eigenvalue weighted by Gasteiger charge is -2.26. The van der Waals surface area contributed by atoms with E-state index < -0.39 is 59.2 Å². The zero-order valence-electron chi connectivity index (χ0n) is 18.2. The molecule has 1 aromatic carbocycles. The highest BCUT2D eigenvalue weighted by Crippen LogP contribution is 2.34. The van der Waals surface area contributed by atoms with Crippen molar-refractivity contribution in [1.29, 1.82) is 0 Å². The third kappa shape index (κ3) is 5.78. The number of rotatable bonds is 8. The van der Waals surface area contributed by atoms with Gasteiger partial charge >= 0.3 is 21.6 Å². The molecular weight excluding hydrogens is 489 g/mol. The van der Waals surface area contributed by atoms with Gasteiger partial charge in [0, 0.05) is 18.8 Å². The molecule has 0 aromatic heterocycles. The quantitative estimate of drug-likeness (QED) is 0.523. The predicted molar refractivity (Wildman–Crippen MR) is 113 cm³/mol. The Hall–Kier alpha value is -2.35. The van der Waals surface area contributed by atoms with Crippen molar-refractivity contribution in [1.82, 2.24) is 4.90 Å². The number of sulfone groups is 1. The van der Waals surface area contributed by atoms with Crippen LogP contribution in [0.2, 0.25) is 0 Å². The van der Waals surface area contributed by atoms with E-state index in [1.807, 2.05) is 0 Å². The molecule has 1 heterocycles. The molecule has 0 N–H and O–H groups in total. The van der Waals surface area contributed by atoms with Gasteiger partial charge in [-0.05, 0) is 24.0 Å². The van der Waals surface area contributed by atoms with Gasteiger partial charge in [-0.3, -0.25) is 4.79 Å². The summed E-state index contributed by atoms with van der Waals surface area (Å²) in [7, 11) is -9.88. The molecule has 14 heteroatoms. The number of alkyl halides is 3. The molecule has 1 aliphatic rings. The van der Waals surface area contributed by atoms with Crippen molar-refractivity contribution < 1.29 is 44.3 Å². The van der Waals surface area contributed by atoms with Crippen LogP contribution in [0.1, 0.15) is 32.8 Å². The fourth-order valence-electron chi connectivity index (χ4n) is 3.18. The van der Waals surface area contributed by atoms with Crippen LogP contribution in [0.3, 0.4) is 0 Å². The lowest BCUT2D eigenvalue weighted by molar-refractivity contribution is -0.127.